The molecule has 164 valence electrons. The third kappa shape index (κ3) is 4.23. The Hall–Kier alpha value is -3.97. The molecule has 0 radical (unpaired) electrons. The molecule has 8 heteroatoms. The van der Waals surface area contributed by atoms with E-state index in [0.717, 1.165) is 28.0 Å². The van der Waals surface area contributed by atoms with Gasteiger partial charge in [0.25, 0.3) is 5.91 Å². The summed E-state index contributed by atoms with van der Waals surface area (Å²) in [6.07, 6.45) is 3.38. The fourth-order valence-corrected chi connectivity index (χ4v) is 4.00. The van der Waals surface area contributed by atoms with Crippen molar-refractivity contribution in [1.29, 1.82) is 0 Å². The van der Waals surface area contributed by atoms with Crippen molar-refractivity contribution in [3.05, 3.63) is 101 Å². The van der Waals surface area contributed by atoms with Crippen LogP contribution in [-0.2, 0) is 6.54 Å². The molecule has 0 saturated carbocycles. The van der Waals surface area contributed by atoms with E-state index in [1.807, 2.05) is 68.4 Å². The van der Waals surface area contributed by atoms with Crippen molar-refractivity contribution < 1.29 is 4.79 Å². The van der Waals surface area contributed by atoms with Gasteiger partial charge in [0, 0.05) is 17.6 Å². The molecular weight excluding hydrogens is 436 g/mol. The fraction of sp³-hybridized carbons (Fsp3) is 0.120. The molecule has 1 amide bonds. The molecule has 33 heavy (non-hydrogen) atoms. The monoisotopic (exact) mass is 456 g/mol. The fourth-order valence-electron chi connectivity index (χ4n) is 3.85. The Kier molecular flexibility index (Phi) is 5.40. The minimum absolute atomic E-state index is 0.201. The van der Waals surface area contributed by atoms with Crippen molar-refractivity contribution in [3.8, 4) is 5.69 Å². The normalized spacial score (nSPS) is 11.1. The standard InChI is InChI=1S/C25H21ClN6O/c1-16-12-22(23-17(2)30-32(24(23)28-16)21-6-4-3-5-7-21)25(33)29-20-10-8-18(9-11-20)14-31-15-19(26)13-27-31/h3-13,15H,14H2,1-2H3,(H,29,33). The number of hydrogen-bond donors (Lipinski definition) is 1. The lowest BCUT2D eigenvalue weighted by Crippen LogP contribution is -2.13. The van der Waals surface area contributed by atoms with Gasteiger partial charge >= 0.3 is 0 Å². The Morgan fingerprint density at radius 1 is 1.06 bits per heavy atom. The first kappa shape index (κ1) is 20.9. The number of carbonyl (C=O) groups is 1. The van der Waals surface area contributed by atoms with Crippen LogP contribution in [0.25, 0.3) is 16.7 Å². The maximum Gasteiger partial charge on any atom is 0.256 e. The molecular formula is C25H21ClN6O. The third-order valence-electron chi connectivity index (χ3n) is 5.34. The molecule has 2 aromatic carbocycles. The van der Waals surface area contributed by atoms with Crippen LogP contribution in [0.1, 0.15) is 27.3 Å². The van der Waals surface area contributed by atoms with Crippen molar-refractivity contribution in [3.63, 3.8) is 0 Å². The second kappa shape index (κ2) is 8.52. The van der Waals surface area contributed by atoms with Crippen LogP contribution in [0.2, 0.25) is 5.02 Å². The quantitative estimate of drug-likeness (QED) is 0.395. The van der Waals surface area contributed by atoms with Crippen LogP contribution in [-0.4, -0.2) is 30.5 Å². The summed E-state index contributed by atoms with van der Waals surface area (Å²) in [5.74, 6) is -0.201. The van der Waals surface area contributed by atoms with Gasteiger partial charge in [-0.1, -0.05) is 41.9 Å². The van der Waals surface area contributed by atoms with E-state index in [0.29, 0.717) is 28.5 Å². The van der Waals surface area contributed by atoms with Crippen molar-refractivity contribution >= 4 is 34.2 Å². The molecule has 0 aliphatic heterocycles. The van der Waals surface area contributed by atoms with Crippen LogP contribution in [0.3, 0.4) is 0 Å². The van der Waals surface area contributed by atoms with Crippen LogP contribution in [0, 0.1) is 13.8 Å². The molecule has 3 heterocycles. The molecule has 0 bridgehead atoms. The molecule has 3 aromatic heterocycles. The second-order valence-corrected chi connectivity index (χ2v) is 8.29. The Labute approximate surface area is 195 Å². The van der Waals surface area contributed by atoms with Gasteiger partial charge in [-0.2, -0.15) is 10.2 Å². The summed E-state index contributed by atoms with van der Waals surface area (Å²) in [6, 6.07) is 19.3. The lowest BCUT2D eigenvalue weighted by atomic mass is 10.1. The molecule has 5 aromatic rings. The van der Waals surface area contributed by atoms with Gasteiger partial charge < -0.3 is 5.32 Å². The summed E-state index contributed by atoms with van der Waals surface area (Å²) in [5, 5.41) is 13.2. The first-order valence-electron chi connectivity index (χ1n) is 10.5. The number of anilines is 1. The molecule has 0 atom stereocenters. The average Bonchev–Trinajstić information content (AvgIpc) is 3.37. The van der Waals surface area contributed by atoms with Crippen LogP contribution in [0.4, 0.5) is 5.69 Å². The number of halogens is 1. The third-order valence-corrected chi connectivity index (χ3v) is 5.54. The number of para-hydroxylation sites is 1. The highest BCUT2D eigenvalue weighted by Gasteiger charge is 2.19. The molecule has 0 unspecified atom stereocenters. The van der Waals surface area contributed by atoms with Gasteiger partial charge in [-0.05, 0) is 49.7 Å². The number of amides is 1. The Bertz CT molecular complexity index is 1450. The molecule has 0 aliphatic carbocycles. The van der Waals surface area contributed by atoms with Gasteiger partial charge in [-0.25, -0.2) is 9.67 Å². The van der Waals surface area contributed by atoms with E-state index in [2.05, 4.69) is 20.5 Å². The van der Waals surface area contributed by atoms with E-state index in [1.54, 1.807) is 27.8 Å². The predicted molar refractivity (Wildman–Crippen MR) is 129 cm³/mol. The minimum Gasteiger partial charge on any atom is -0.322 e. The summed E-state index contributed by atoms with van der Waals surface area (Å²) in [5.41, 5.74) is 5.36. The zero-order chi connectivity index (χ0) is 22.9. The summed E-state index contributed by atoms with van der Waals surface area (Å²) < 4.78 is 3.55. The summed E-state index contributed by atoms with van der Waals surface area (Å²) in [7, 11) is 0. The number of benzene rings is 2. The summed E-state index contributed by atoms with van der Waals surface area (Å²) in [4.78, 5) is 17.9. The van der Waals surface area contributed by atoms with E-state index in [-0.39, 0.29) is 5.91 Å². The van der Waals surface area contributed by atoms with Gasteiger partial charge in [0.15, 0.2) is 5.65 Å². The number of aryl methyl sites for hydroxylation is 2. The van der Waals surface area contributed by atoms with E-state index in [1.165, 1.54) is 0 Å². The van der Waals surface area contributed by atoms with Gasteiger partial charge in [0.05, 0.1) is 40.1 Å². The summed E-state index contributed by atoms with van der Waals surface area (Å²) in [6.45, 7) is 4.37. The highest BCUT2D eigenvalue weighted by molar-refractivity contribution is 6.30. The van der Waals surface area contributed by atoms with Crippen LogP contribution < -0.4 is 5.32 Å². The smallest absolute Gasteiger partial charge is 0.256 e. The second-order valence-electron chi connectivity index (χ2n) is 7.85. The van der Waals surface area contributed by atoms with Crippen molar-refractivity contribution in [2.45, 2.75) is 20.4 Å². The first-order valence-corrected chi connectivity index (χ1v) is 10.9. The lowest BCUT2D eigenvalue weighted by Gasteiger charge is -2.09. The number of pyridine rings is 1. The van der Waals surface area contributed by atoms with E-state index >= 15 is 0 Å². The van der Waals surface area contributed by atoms with Gasteiger partial charge in [0.1, 0.15) is 0 Å². The van der Waals surface area contributed by atoms with E-state index < -0.39 is 0 Å². The number of rotatable bonds is 5. The number of nitrogens with one attached hydrogen (secondary N) is 1. The zero-order valence-corrected chi connectivity index (χ0v) is 18.9. The van der Waals surface area contributed by atoms with Gasteiger partial charge in [-0.15, -0.1) is 0 Å². The van der Waals surface area contributed by atoms with Crippen LogP contribution in [0.15, 0.2) is 73.1 Å². The molecule has 5 rings (SSSR count). The molecule has 0 fully saturated rings. The first-order chi connectivity index (χ1) is 16.0. The Morgan fingerprint density at radius 2 is 1.82 bits per heavy atom. The highest BCUT2D eigenvalue weighted by Crippen LogP contribution is 2.26. The topological polar surface area (TPSA) is 77.6 Å². The van der Waals surface area contributed by atoms with Gasteiger partial charge in [-0.3, -0.25) is 9.48 Å². The maximum atomic E-state index is 13.3. The maximum absolute atomic E-state index is 13.3. The molecule has 1 N–H and O–H groups in total. The number of aromatic nitrogens is 5. The summed E-state index contributed by atoms with van der Waals surface area (Å²) >= 11 is 5.93. The Balaban J connectivity index is 1.43. The predicted octanol–water partition coefficient (Wildman–Crippen LogP) is 5.19. The number of nitrogens with zero attached hydrogens (tertiary/aromatic N) is 5. The van der Waals surface area contributed by atoms with E-state index in [4.69, 9.17) is 11.6 Å². The van der Waals surface area contributed by atoms with Crippen LogP contribution >= 0.6 is 11.6 Å². The number of hydrogen-bond acceptors (Lipinski definition) is 4. The molecule has 7 nitrogen and oxygen atoms in total. The number of carbonyl (C=O) groups excluding carboxylic acids is 1. The van der Waals surface area contributed by atoms with Crippen molar-refractivity contribution in [2.75, 3.05) is 5.32 Å². The Morgan fingerprint density at radius 3 is 2.52 bits per heavy atom. The molecule has 0 aliphatic rings. The van der Waals surface area contributed by atoms with Crippen LogP contribution in [0.5, 0.6) is 0 Å². The largest absolute Gasteiger partial charge is 0.322 e. The van der Waals surface area contributed by atoms with Crippen molar-refractivity contribution in [2.24, 2.45) is 0 Å². The van der Waals surface area contributed by atoms with E-state index in [9.17, 15) is 4.79 Å². The SMILES string of the molecule is Cc1cc(C(=O)Nc2ccc(Cn3cc(Cl)cn3)cc2)c2c(C)nn(-c3ccccc3)c2n1. The van der Waals surface area contributed by atoms with Crippen molar-refractivity contribution in [1.82, 2.24) is 24.5 Å². The molecule has 0 saturated heterocycles. The highest BCUT2D eigenvalue weighted by atomic mass is 35.5. The van der Waals surface area contributed by atoms with Gasteiger partial charge in [0.2, 0.25) is 0 Å². The average molecular weight is 457 g/mol. The molecule has 0 spiro atoms. The zero-order valence-electron chi connectivity index (χ0n) is 18.2. The minimum atomic E-state index is -0.201. The number of fused-ring (bicyclic) bond motifs is 1. The lowest BCUT2D eigenvalue weighted by molar-refractivity contribution is 0.102.